The number of piperidine rings is 1. The summed E-state index contributed by atoms with van der Waals surface area (Å²) in [4.78, 5) is 28.7. The third-order valence-electron chi connectivity index (χ3n) is 7.69. The van der Waals surface area contributed by atoms with E-state index in [1.54, 1.807) is 0 Å². The van der Waals surface area contributed by atoms with Crippen molar-refractivity contribution >= 4 is 11.8 Å². The molecule has 1 saturated heterocycles. The molecule has 1 aliphatic rings. The fraction of sp³-hybridized carbons (Fsp3) is 0.235. The van der Waals surface area contributed by atoms with Crippen LogP contribution in [0, 0.1) is 0 Å². The highest BCUT2D eigenvalue weighted by atomic mass is 16.2. The van der Waals surface area contributed by atoms with Crippen molar-refractivity contribution in [2.75, 3.05) is 13.1 Å². The van der Waals surface area contributed by atoms with Crippen LogP contribution in [-0.4, -0.2) is 29.8 Å². The highest BCUT2D eigenvalue weighted by Crippen LogP contribution is 2.36. The summed E-state index contributed by atoms with van der Waals surface area (Å²) >= 11 is 0. The minimum Gasteiger partial charge on any atom is -0.351 e. The van der Waals surface area contributed by atoms with Gasteiger partial charge in [-0.2, -0.15) is 0 Å². The third-order valence-corrected chi connectivity index (χ3v) is 7.69. The summed E-state index contributed by atoms with van der Waals surface area (Å²) in [7, 11) is 0. The van der Waals surface area contributed by atoms with Crippen LogP contribution < -0.4 is 5.32 Å². The summed E-state index contributed by atoms with van der Waals surface area (Å²) in [5.74, 6) is 0.193. The van der Waals surface area contributed by atoms with Gasteiger partial charge in [0, 0.05) is 26.1 Å². The zero-order chi connectivity index (χ0) is 26.2. The summed E-state index contributed by atoms with van der Waals surface area (Å²) in [6.07, 6.45) is 2.46. The summed E-state index contributed by atoms with van der Waals surface area (Å²) in [5, 5.41) is 3.24. The van der Waals surface area contributed by atoms with E-state index < -0.39 is 5.41 Å². The molecule has 0 aliphatic carbocycles. The first kappa shape index (κ1) is 25.5. The Morgan fingerprint density at radius 2 is 1.26 bits per heavy atom. The summed E-state index contributed by atoms with van der Waals surface area (Å²) < 4.78 is 0. The minimum atomic E-state index is -0.644. The summed E-state index contributed by atoms with van der Waals surface area (Å²) in [5.41, 5.74) is 4.91. The molecule has 0 aromatic heterocycles. The molecule has 0 saturated carbocycles. The molecule has 0 spiro atoms. The van der Waals surface area contributed by atoms with Crippen molar-refractivity contribution < 1.29 is 9.59 Å². The van der Waals surface area contributed by atoms with Crippen LogP contribution in [0.4, 0.5) is 0 Å². The lowest BCUT2D eigenvalue weighted by Crippen LogP contribution is -2.52. The first-order chi connectivity index (χ1) is 18.6. The molecule has 0 atom stereocenters. The predicted molar refractivity (Wildman–Crippen MR) is 152 cm³/mol. The van der Waals surface area contributed by atoms with Crippen LogP contribution in [0.25, 0.3) is 11.1 Å². The topological polar surface area (TPSA) is 49.4 Å². The normalized spacial score (nSPS) is 14.6. The fourth-order valence-corrected chi connectivity index (χ4v) is 5.44. The standard InChI is InChI=1S/C34H34N2O2/c37-32(20-19-27-11-4-1-5-12-27)36-23-21-34(22-24-36,31-17-8-3-9-18-31)33(38)35-26-28-13-10-16-30(25-28)29-14-6-2-7-15-29/h1-18,25H,19-24,26H2,(H,35,38). The zero-order valence-corrected chi connectivity index (χ0v) is 21.7. The summed E-state index contributed by atoms with van der Waals surface area (Å²) in [6.45, 7) is 1.63. The largest absolute Gasteiger partial charge is 0.351 e. The van der Waals surface area contributed by atoms with Crippen LogP contribution in [0.2, 0.25) is 0 Å². The number of carbonyl (C=O) groups is 2. The SMILES string of the molecule is O=C(CCc1ccccc1)N1CCC(C(=O)NCc2cccc(-c3ccccc3)c2)(c2ccccc2)CC1. The predicted octanol–water partition coefficient (Wildman–Crippen LogP) is 6.16. The van der Waals surface area contributed by atoms with Crippen LogP contribution in [0.3, 0.4) is 0 Å². The molecular formula is C34H34N2O2. The Labute approximate surface area is 225 Å². The lowest BCUT2D eigenvalue weighted by Gasteiger charge is -2.41. The molecule has 1 fully saturated rings. The van der Waals surface area contributed by atoms with Crippen LogP contribution in [-0.2, 0) is 28.0 Å². The molecule has 1 N–H and O–H groups in total. The Hall–Kier alpha value is -4.18. The number of likely N-dealkylation sites (tertiary alicyclic amines) is 1. The second-order valence-corrected chi connectivity index (χ2v) is 10.1. The molecule has 0 radical (unpaired) electrons. The first-order valence-electron chi connectivity index (χ1n) is 13.4. The molecule has 38 heavy (non-hydrogen) atoms. The smallest absolute Gasteiger partial charge is 0.231 e. The van der Waals surface area contributed by atoms with Gasteiger partial charge in [0.05, 0.1) is 5.41 Å². The quantitative estimate of drug-likeness (QED) is 0.314. The second kappa shape index (κ2) is 11.9. The number of nitrogens with zero attached hydrogens (tertiary/aromatic N) is 1. The van der Waals surface area contributed by atoms with Crippen molar-refractivity contribution in [2.24, 2.45) is 0 Å². The molecular weight excluding hydrogens is 468 g/mol. The van der Waals surface area contributed by atoms with E-state index >= 15 is 0 Å². The van der Waals surface area contributed by atoms with Gasteiger partial charge in [-0.3, -0.25) is 9.59 Å². The van der Waals surface area contributed by atoms with Crippen molar-refractivity contribution in [2.45, 2.75) is 37.6 Å². The molecule has 4 heteroatoms. The number of hydrogen-bond acceptors (Lipinski definition) is 2. The maximum atomic E-state index is 13.8. The van der Waals surface area contributed by atoms with E-state index in [0.29, 0.717) is 38.9 Å². The molecule has 1 aliphatic heterocycles. The molecule has 0 bridgehead atoms. The Bertz CT molecular complexity index is 1350. The Morgan fingerprint density at radius 3 is 1.95 bits per heavy atom. The Morgan fingerprint density at radius 1 is 0.684 bits per heavy atom. The van der Waals surface area contributed by atoms with Gasteiger partial charge in [-0.25, -0.2) is 0 Å². The van der Waals surface area contributed by atoms with Gasteiger partial charge in [0.1, 0.15) is 0 Å². The lowest BCUT2D eigenvalue weighted by molar-refractivity contribution is -0.137. The number of amides is 2. The van der Waals surface area contributed by atoms with Crippen LogP contribution in [0.5, 0.6) is 0 Å². The Kier molecular flexibility index (Phi) is 7.98. The number of benzene rings is 4. The van der Waals surface area contributed by atoms with Gasteiger partial charge in [0.15, 0.2) is 0 Å². The maximum Gasteiger partial charge on any atom is 0.231 e. The molecule has 1 heterocycles. The van der Waals surface area contributed by atoms with E-state index in [-0.39, 0.29) is 11.8 Å². The molecule has 4 aromatic rings. The number of rotatable bonds is 8. The van der Waals surface area contributed by atoms with E-state index in [9.17, 15) is 9.59 Å². The minimum absolute atomic E-state index is 0.0326. The molecule has 192 valence electrons. The Balaban J connectivity index is 1.26. The third kappa shape index (κ3) is 5.86. The lowest BCUT2D eigenvalue weighted by atomic mass is 9.72. The highest BCUT2D eigenvalue weighted by molar-refractivity contribution is 5.89. The van der Waals surface area contributed by atoms with Gasteiger partial charge in [0.2, 0.25) is 11.8 Å². The average Bonchev–Trinajstić information content (AvgIpc) is 3.00. The monoisotopic (exact) mass is 502 g/mol. The number of carbonyl (C=O) groups excluding carboxylic acids is 2. The van der Waals surface area contributed by atoms with Crippen LogP contribution in [0.1, 0.15) is 36.0 Å². The van der Waals surface area contributed by atoms with Gasteiger partial charge in [0.25, 0.3) is 0 Å². The van der Waals surface area contributed by atoms with Crippen molar-refractivity contribution in [3.8, 4) is 11.1 Å². The highest BCUT2D eigenvalue weighted by Gasteiger charge is 2.43. The van der Waals surface area contributed by atoms with Crippen LogP contribution in [0.15, 0.2) is 115 Å². The number of aryl methyl sites for hydroxylation is 1. The summed E-state index contributed by atoms with van der Waals surface area (Å²) in [6, 6.07) is 38.8. The molecule has 0 unspecified atom stereocenters. The van der Waals surface area contributed by atoms with Gasteiger partial charge >= 0.3 is 0 Å². The van der Waals surface area contributed by atoms with E-state index in [1.807, 2.05) is 77.7 Å². The van der Waals surface area contributed by atoms with E-state index in [4.69, 9.17) is 0 Å². The molecule has 2 amide bonds. The van der Waals surface area contributed by atoms with Gasteiger partial charge in [-0.05, 0) is 53.1 Å². The van der Waals surface area contributed by atoms with Crippen molar-refractivity contribution in [1.29, 1.82) is 0 Å². The maximum absolute atomic E-state index is 13.8. The molecule has 4 nitrogen and oxygen atoms in total. The average molecular weight is 503 g/mol. The fourth-order valence-electron chi connectivity index (χ4n) is 5.44. The zero-order valence-electron chi connectivity index (χ0n) is 21.7. The van der Waals surface area contributed by atoms with Gasteiger partial charge < -0.3 is 10.2 Å². The van der Waals surface area contributed by atoms with E-state index in [1.165, 1.54) is 5.56 Å². The van der Waals surface area contributed by atoms with Gasteiger partial charge in [-0.15, -0.1) is 0 Å². The molecule has 4 aromatic carbocycles. The van der Waals surface area contributed by atoms with E-state index in [0.717, 1.165) is 28.7 Å². The van der Waals surface area contributed by atoms with Crippen LogP contribution >= 0.6 is 0 Å². The van der Waals surface area contributed by atoms with Gasteiger partial charge in [-0.1, -0.05) is 109 Å². The van der Waals surface area contributed by atoms with Crippen molar-refractivity contribution in [3.05, 3.63) is 132 Å². The van der Waals surface area contributed by atoms with E-state index in [2.05, 4.69) is 47.8 Å². The van der Waals surface area contributed by atoms with Crippen molar-refractivity contribution in [1.82, 2.24) is 10.2 Å². The second-order valence-electron chi connectivity index (χ2n) is 10.1. The number of hydrogen-bond donors (Lipinski definition) is 1. The van der Waals surface area contributed by atoms with Crippen molar-refractivity contribution in [3.63, 3.8) is 0 Å². The first-order valence-corrected chi connectivity index (χ1v) is 13.4. The molecule has 5 rings (SSSR count). The number of nitrogens with one attached hydrogen (secondary N) is 1.